The highest BCUT2D eigenvalue weighted by molar-refractivity contribution is 5.41. The largest absolute Gasteiger partial charge is 0.355 e. The lowest BCUT2D eigenvalue weighted by Gasteiger charge is -2.17. The smallest absolute Gasteiger partial charge is 0.145 e. The van der Waals surface area contributed by atoms with Crippen LogP contribution in [0.5, 0.6) is 0 Å². The highest BCUT2D eigenvalue weighted by Gasteiger charge is 2.04. The maximum absolute atomic E-state index is 8.77. The summed E-state index contributed by atoms with van der Waals surface area (Å²) in [5, 5.41) is 8.77. The molecule has 4 nitrogen and oxygen atoms in total. The van der Waals surface area contributed by atoms with E-state index in [0.717, 1.165) is 12.4 Å². The van der Waals surface area contributed by atoms with E-state index < -0.39 is 0 Å². The highest BCUT2D eigenvalue weighted by Crippen LogP contribution is 2.12. The molecule has 0 aliphatic carbocycles. The second kappa shape index (κ2) is 5.08. The van der Waals surface area contributed by atoms with Crippen LogP contribution < -0.4 is 4.90 Å². The average Bonchev–Trinajstić information content (AvgIpc) is 2.40. The van der Waals surface area contributed by atoms with Crippen LogP contribution in [-0.2, 0) is 6.54 Å². The van der Waals surface area contributed by atoms with Gasteiger partial charge in [0.2, 0.25) is 0 Å². The molecule has 1 aromatic heterocycles. The molecule has 1 aromatic carbocycles. The summed E-state index contributed by atoms with van der Waals surface area (Å²) in [7, 11) is 1.94. The summed E-state index contributed by atoms with van der Waals surface area (Å²) in [5.74, 6) is 0.750. The Kier molecular flexibility index (Phi) is 3.31. The van der Waals surface area contributed by atoms with Gasteiger partial charge in [-0.25, -0.2) is 9.97 Å². The second-order valence-electron chi connectivity index (χ2n) is 3.71. The van der Waals surface area contributed by atoms with Gasteiger partial charge < -0.3 is 4.90 Å². The van der Waals surface area contributed by atoms with E-state index in [1.807, 2.05) is 36.2 Å². The van der Waals surface area contributed by atoms with E-state index in [4.69, 9.17) is 5.26 Å². The minimum Gasteiger partial charge on any atom is -0.355 e. The third-order valence-electron chi connectivity index (χ3n) is 2.42. The van der Waals surface area contributed by atoms with Gasteiger partial charge in [-0.1, -0.05) is 30.3 Å². The minimum atomic E-state index is 0.384. The maximum Gasteiger partial charge on any atom is 0.145 e. The van der Waals surface area contributed by atoms with Crippen LogP contribution in [0.4, 0.5) is 5.82 Å². The van der Waals surface area contributed by atoms with Gasteiger partial charge in [-0.2, -0.15) is 5.26 Å². The fourth-order valence-electron chi connectivity index (χ4n) is 1.56. The molecule has 0 aliphatic heterocycles. The van der Waals surface area contributed by atoms with E-state index in [1.165, 1.54) is 11.9 Å². The summed E-state index contributed by atoms with van der Waals surface area (Å²) in [6.07, 6.45) is 1.41. The van der Waals surface area contributed by atoms with Crippen molar-refractivity contribution in [2.75, 3.05) is 11.9 Å². The number of aromatic nitrogens is 2. The topological polar surface area (TPSA) is 52.8 Å². The first-order chi connectivity index (χ1) is 8.29. The molecule has 0 aliphatic rings. The molecule has 0 N–H and O–H groups in total. The third-order valence-corrected chi connectivity index (χ3v) is 2.42. The molecule has 4 heteroatoms. The fourth-order valence-corrected chi connectivity index (χ4v) is 1.56. The van der Waals surface area contributed by atoms with Gasteiger partial charge in [0.15, 0.2) is 0 Å². The number of nitriles is 1. The van der Waals surface area contributed by atoms with Crippen molar-refractivity contribution in [3.05, 3.63) is 54.0 Å². The third kappa shape index (κ3) is 2.79. The van der Waals surface area contributed by atoms with Crippen molar-refractivity contribution in [3.63, 3.8) is 0 Å². The first-order valence-corrected chi connectivity index (χ1v) is 5.27. The Morgan fingerprint density at radius 2 is 2.00 bits per heavy atom. The molecule has 0 radical (unpaired) electrons. The zero-order valence-corrected chi connectivity index (χ0v) is 9.54. The van der Waals surface area contributed by atoms with Crippen LogP contribution >= 0.6 is 0 Å². The lowest BCUT2D eigenvalue weighted by molar-refractivity contribution is 0.889. The summed E-state index contributed by atoms with van der Waals surface area (Å²) in [6, 6.07) is 13.8. The Balaban J connectivity index is 2.15. The molecular weight excluding hydrogens is 212 g/mol. The Morgan fingerprint density at radius 3 is 2.71 bits per heavy atom. The van der Waals surface area contributed by atoms with Gasteiger partial charge in [-0.15, -0.1) is 0 Å². The number of nitrogens with zero attached hydrogens (tertiary/aromatic N) is 4. The van der Waals surface area contributed by atoms with Gasteiger partial charge >= 0.3 is 0 Å². The van der Waals surface area contributed by atoms with Crippen LogP contribution in [0.2, 0.25) is 0 Å². The van der Waals surface area contributed by atoms with E-state index in [1.54, 1.807) is 6.07 Å². The van der Waals surface area contributed by atoms with Crippen molar-refractivity contribution in [3.8, 4) is 6.07 Å². The lowest BCUT2D eigenvalue weighted by Crippen LogP contribution is -2.17. The Bertz CT molecular complexity index is 531. The van der Waals surface area contributed by atoms with Gasteiger partial charge in [0, 0.05) is 19.7 Å². The van der Waals surface area contributed by atoms with Crippen LogP contribution in [0.15, 0.2) is 42.7 Å². The monoisotopic (exact) mass is 224 g/mol. The summed E-state index contributed by atoms with van der Waals surface area (Å²) >= 11 is 0. The molecule has 0 amide bonds. The molecule has 1 heterocycles. The van der Waals surface area contributed by atoms with Crippen LogP contribution in [0.1, 0.15) is 11.3 Å². The molecule has 84 valence electrons. The van der Waals surface area contributed by atoms with Crippen molar-refractivity contribution in [2.45, 2.75) is 6.54 Å². The van der Waals surface area contributed by atoms with Crippen LogP contribution in [-0.4, -0.2) is 17.0 Å². The number of hydrogen-bond donors (Lipinski definition) is 0. The Hall–Kier alpha value is -2.41. The van der Waals surface area contributed by atoms with E-state index in [9.17, 15) is 0 Å². The predicted molar refractivity (Wildman–Crippen MR) is 65.3 cm³/mol. The quantitative estimate of drug-likeness (QED) is 0.800. The molecule has 0 spiro atoms. The van der Waals surface area contributed by atoms with Crippen molar-refractivity contribution in [1.29, 1.82) is 5.26 Å². The maximum atomic E-state index is 8.77. The number of hydrogen-bond acceptors (Lipinski definition) is 4. The molecule has 0 bridgehead atoms. The minimum absolute atomic E-state index is 0.384. The Morgan fingerprint density at radius 1 is 1.24 bits per heavy atom. The van der Waals surface area contributed by atoms with Crippen LogP contribution in [0.25, 0.3) is 0 Å². The summed E-state index contributed by atoms with van der Waals surface area (Å²) in [6.45, 7) is 0.753. The SMILES string of the molecule is CN(Cc1ccccc1)c1cc(C#N)ncn1. The molecule has 0 unspecified atom stereocenters. The first-order valence-electron chi connectivity index (χ1n) is 5.27. The summed E-state index contributed by atoms with van der Waals surface area (Å²) in [4.78, 5) is 9.98. The zero-order valence-electron chi connectivity index (χ0n) is 9.54. The first kappa shape index (κ1) is 11.1. The van der Waals surface area contributed by atoms with Crippen molar-refractivity contribution < 1.29 is 0 Å². The molecular formula is C13H12N4. The molecule has 17 heavy (non-hydrogen) atoms. The molecule has 2 rings (SSSR count). The van der Waals surface area contributed by atoms with Crippen LogP contribution in [0, 0.1) is 11.3 Å². The predicted octanol–water partition coefficient (Wildman–Crippen LogP) is 1.98. The summed E-state index contributed by atoms with van der Waals surface area (Å²) < 4.78 is 0. The molecule has 0 saturated carbocycles. The zero-order chi connectivity index (χ0) is 12.1. The van der Waals surface area contributed by atoms with Crippen molar-refractivity contribution in [2.24, 2.45) is 0 Å². The van der Waals surface area contributed by atoms with Crippen molar-refractivity contribution in [1.82, 2.24) is 9.97 Å². The van der Waals surface area contributed by atoms with E-state index in [0.29, 0.717) is 5.69 Å². The fraction of sp³-hybridized carbons (Fsp3) is 0.154. The molecule has 2 aromatic rings. The van der Waals surface area contributed by atoms with Crippen molar-refractivity contribution >= 4 is 5.82 Å². The normalized spacial score (nSPS) is 9.65. The van der Waals surface area contributed by atoms with Gasteiger partial charge in [-0.3, -0.25) is 0 Å². The van der Waals surface area contributed by atoms with E-state index in [-0.39, 0.29) is 0 Å². The van der Waals surface area contributed by atoms with Gasteiger partial charge in [0.05, 0.1) is 0 Å². The molecule has 0 fully saturated rings. The average molecular weight is 224 g/mol. The Labute approximate surface area is 100 Å². The number of anilines is 1. The van der Waals surface area contributed by atoms with Gasteiger partial charge in [0.1, 0.15) is 23.9 Å². The summed E-state index contributed by atoms with van der Waals surface area (Å²) in [5.41, 5.74) is 1.59. The van der Waals surface area contributed by atoms with Gasteiger partial charge in [0.25, 0.3) is 0 Å². The van der Waals surface area contributed by atoms with E-state index in [2.05, 4.69) is 22.1 Å². The number of benzene rings is 1. The van der Waals surface area contributed by atoms with Gasteiger partial charge in [-0.05, 0) is 5.56 Å². The number of rotatable bonds is 3. The molecule has 0 atom stereocenters. The van der Waals surface area contributed by atoms with Crippen LogP contribution in [0.3, 0.4) is 0 Å². The standard InChI is InChI=1S/C13H12N4/c1-17(9-11-5-3-2-4-6-11)13-7-12(8-14)15-10-16-13/h2-7,10H,9H2,1H3. The second-order valence-corrected chi connectivity index (χ2v) is 3.71. The van der Waals surface area contributed by atoms with E-state index >= 15 is 0 Å². The lowest BCUT2D eigenvalue weighted by atomic mass is 10.2. The highest BCUT2D eigenvalue weighted by atomic mass is 15.2. The molecule has 0 saturated heterocycles.